The molecule has 3 heterocycles. The van der Waals surface area contributed by atoms with Crippen molar-refractivity contribution in [2.24, 2.45) is 0 Å². The van der Waals surface area contributed by atoms with Crippen molar-refractivity contribution in [1.29, 1.82) is 0 Å². The number of hydrogen-bond donors (Lipinski definition) is 2. The number of amides is 1. The molecule has 3 aromatic rings. The van der Waals surface area contributed by atoms with Gasteiger partial charge in [-0.1, -0.05) is 17.7 Å². The fourth-order valence-electron chi connectivity index (χ4n) is 4.32. The lowest BCUT2D eigenvalue weighted by molar-refractivity contribution is -0.121. The second kappa shape index (κ2) is 8.56. The van der Waals surface area contributed by atoms with Crippen molar-refractivity contribution in [1.82, 2.24) is 20.2 Å². The molecule has 0 spiro atoms. The van der Waals surface area contributed by atoms with Crippen LogP contribution in [0.5, 0.6) is 0 Å². The van der Waals surface area contributed by atoms with Gasteiger partial charge in [-0.15, -0.1) is 0 Å². The summed E-state index contributed by atoms with van der Waals surface area (Å²) in [5.41, 5.74) is 6.01. The molecule has 1 aliphatic heterocycles. The molecule has 4 rings (SSSR count). The lowest BCUT2D eigenvalue weighted by atomic mass is 9.96. The van der Waals surface area contributed by atoms with Crippen molar-refractivity contribution in [3.05, 3.63) is 64.1 Å². The number of carbonyl (C=O) groups excluding carboxylic acids is 1. The Morgan fingerprint density at radius 2 is 2.10 bits per heavy atom. The number of aryl methyl sites for hydroxylation is 1. The number of benzene rings is 1. The summed E-state index contributed by atoms with van der Waals surface area (Å²) in [7, 11) is 1.69. The van der Waals surface area contributed by atoms with Gasteiger partial charge >= 0.3 is 0 Å². The molecule has 0 aliphatic carbocycles. The molecule has 6 heteroatoms. The quantitative estimate of drug-likeness (QED) is 0.675. The van der Waals surface area contributed by atoms with E-state index in [-0.39, 0.29) is 11.8 Å². The highest BCUT2D eigenvalue weighted by Gasteiger charge is 2.23. The molecule has 2 N–H and O–H groups in total. The summed E-state index contributed by atoms with van der Waals surface area (Å²) in [6.07, 6.45) is 4.30. The average molecular weight is 411 g/mol. The number of halogens is 1. The Kier molecular flexibility index (Phi) is 5.88. The summed E-state index contributed by atoms with van der Waals surface area (Å²) < 4.78 is 2.40. The Morgan fingerprint density at radius 3 is 2.86 bits per heavy atom. The van der Waals surface area contributed by atoms with E-state index >= 15 is 0 Å². The van der Waals surface area contributed by atoms with Gasteiger partial charge in [-0.2, -0.15) is 0 Å². The zero-order valence-electron chi connectivity index (χ0n) is 17.0. The Balaban J connectivity index is 1.80. The summed E-state index contributed by atoms with van der Waals surface area (Å²) in [4.78, 5) is 16.7. The van der Waals surface area contributed by atoms with Gasteiger partial charge in [-0.3, -0.25) is 9.78 Å². The van der Waals surface area contributed by atoms with Gasteiger partial charge in [-0.25, -0.2) is 0 Å². The van der Waals surface area contributed by atoms with Crippen molar-refractivity contribution < 1.29 is 4.79 Å². The number of fused-ring (bicyclic) bond motifs is 3. The zero-order valence-corrected chi connectivity index (χ0v) is 17.7. The van der Waals surface area contributed by atoms with E-state index in [0.717, 1.165) is 48.8 Å². The van der Waals surface area contributed by atoms with Gasteiger partial charge in [0.1, 0.15) is 0 Å². The first-order chi connectivity index (χ1) is 14.1. The van der Waals surface area contributed by atoms with Gasteiger partial charge in [-0.05, 0) is 55.3 Å². The predicted octanol–water partition coefficient (Wildman–Crippen LogP) is 3.61. The second-order valence-corrected chi connectivity index (χ2v) is 8.19. The van der Waals surface area contributed by atoms with Gasteiger partial charge in [0.15, 0.2) is 0 Å². The Morgan fingerprint density at radius 1 is 1.28 bits per heavy atom. The lowest BCUT2D eigenvalue weighted by Gasteiger charge is -2.20. The number of hydrogen-bond acceptors (Lipinski definition) is 3. The highest BCUT2D eigenvalue weighted by molar-refractivity contribution is 6.31. The summed E-state index contributed by atoms with van der Waals surface area (Å²) >= 11 is 6.33. The summed E-state index contributed by atoms with van der Waals surface area (Å²) in [6.45, 7) is 4.66. The molecule has 0 bridgehead atoms. The molecule has 152 valence electrons. The van der Waals surface area contributed by atoms with Crippen molar-refractivity contribution in [2.75, 3.05) is 20.1 Å². The van der Waals surface area contributed by atoms with Crippen LogP contribution in [0.1, 0.15) is 34.9 Å². The minimum Gasteiger partial charge on any atom is -0.359 e. The summed E-state index contributed by atoms with van der Waals surface area (Å²) in [6, 6.07) is 10.3. The maximum absolute atomic E-state index is 12.3. The van der Waals surface area contributed by atoms with Crippen LogP contribution in [0.25, 0.3) is 10.9 Å². The Labute approximate surface area is 176 Å². The van der Waals surface area contributed by atoms with Crippen LogP contribution in [0.3, 0.4) is 0 Å². The molecule has 0 fully saturated rings. The maximum Gasteiger partial charge on any atom is 0.220 e. The van der Waals surface area contributed by atoms with Gasteiger partial charge in [0.25, 0.3) is 0 Å². The molecule has 1 atom stereocenters. The predicted molar refractivity (Wildman–Crippen MR) is 118 cm³/mol. The molecule has 0 saturated carbocycles. The van der Waals surface area contributed by atoms with Crippen molar-refractivity contribution >= 4 is 28.4 Å². The van der Waals surface area contributed by atoms with Gasteiger partial charge < -0.3 is 15.2 Å². The fourth-order valence-corrected chi connectivity index (χ4v) is 4.49. The monoisotopic (exact) mass is 410 g/mol. The van der Waals surface area contributed by atoms with Crippen molar-refractivity contribution in [2.45, 2.75) is 38.6 Å². The fraction of sp³-hybridized carbons (Fsp3) is 0.391. The van der Waals surface area contributed by atoms with Gasteiger partial charge in [0.05, 0.1) is 0 Å². The topological polar surface area (TPSA) is 59.0 Å². The standard InChI is InChI=1S/C23H27ClN4O/c1-15-3-4-16(13-27-15)17(11-23(29)25-2)14-28-21-6-5-18(24)12-20(21)19-7-9-26-10-8-22(19)28/h3-6,12-13,17,26H,7-11,14H2,1-2H3,(H,25,29). The van der Waals surface area contributed by atoms with E-state index in [2.05, 4.69) is 38.4 Å². The molecular formula is C23H27ClN4O. The van der Waals surface area contributed by atoms with E-state index < -0.39 is 0 Å². The van der Waals surface area contributed by atoms with Gasteiger partial charge in [0.2, 0.25) is 5.91 Å². The van der Waals surface area contributed by atoms with Gasteiger partial charge in [0, 0.05) is 72.4 Å². The molecule has 2 aromatic heterocycles. The van der Waals surface area contributed by atoms with Crippen LogP contribution >= 0.6 is 11.6 Å². The third-order valence-electron chi connectivity index (χ3n) is 5.86. The first-order valence-electron chi connectivity index (χ1n) is 10.2. The summed E-state index contributed by atoms with van der Waals surface area (Å²) in [5.74, 6) is 0.0949. The van der Waals surface area contributed by atoms with Crippen molar-refractivity contribution in [3.8, 4) is 0 Å². The van der Waals surface area contributed by atoms with Crippen LogP contribution in [-0.4, -0.2) is 35.6 Å². The Bertz CT molecular complexity index is 1030. The molecule has 5 nitrogen and oxygen atoms in total. The lowest BCUT2D eigenvalue weighted by Crippen LogP contribution is -2.23. The number of nitrogens with one attached hydrogen (secondary N) is 2. The molecule has 1 aromatic carbocycles. The maximum atomic E-state index is 12.3. The number of carbonyl (C=O) groups is 1. The van der Waals surface area contributed by atoms with E-state index in [4.69, 9.17) is 11.6 Å². The van der Waals surface area contributed by atoms with Crippen LogP contribution < -0.4 is 10.6 Å². The van der Waals surface area contributed by atoms with Crippen LogP contribution in [0.2, 0.25) is 5.02 Å². The van der Waals surface area contributed by atoms with Crippen LogP contribution in [0.15, 0.2) is 36.5 Å². The third-order valence-corrected chi connectivity index (χ3v) is 6.09. The SMILES string of the molecule is CNC(=O)CC(Cn1c2c(c3cc(Cl)ccc31)CCNCC2)c1ccc(C)nc1. The number of rotatable bonds is 5. The van der Waals surface area contributed by atoms with Crippen LogP contribution in [-0.2, 0) is 24.2 Å². The minimum atomic E-state index is 0.0443. The highest BCUT2D eigenvalue weighted by atomic mass is 35.5. The van der Waals surface area contributed by atoms with E-state index in [9.17, 15) is 4.79 Å². The highest BCUT2D eigenvalue weighted by Crippen LogP contribution is 2.33. The van der Waals surface area contributed by atoms with Crippen LogP contribution in [0, 0.1) is 6.92 Å². The minimum absolute atomic E-state index is 0.0443. The average Bonchev–Trinajstić information content (AvgIpc) is 2.87. The molecule has 0 radical (unpaired) electrons. The van der Waals surface area contributed by atoms with E-state index in [1.54, 1.807) is 7.05 Å². The largest absolute Gasteiger partial charge is 0.359 e. The molecule has 1 amide bonds. The molecular weight excluding hydrogens is 384 g/mol. The third kappa shape index (κ3) is 4.16. The van der Waals surface area contributed by atoms with Crippen molar-refractivity contribution in [3.63, 3.8) is 0 Å². The first kappa shape index (κ1) is 19.9. The number of pyridine rings is 1. The zero-order chi connectivity index (χ0) is 20.4. The van der Waals surface area contributed by atoms with E-state index in [0.29, 0.717) is 6.42 Å². The summed E-state index contributed by atoms with van der Waals surface area (Å²) in [5, 5.41) is 8.27. The molecule has 0 saturated heterocycles. The first-order valence-corrected chi connectivity index (χ1v) is 10.6. The second-order valence-electron chi connectivity index (χ2n) is 7.75. The number of aromatic nitrogens is 2. The van der Waals surface area contributed by atoms with E-state index in [1.165, 1.54) is 22.2 Å². The van der Waals surface area contributed by atoms with E-state index in [1.807, 2.05) is 25.3 Å². The Hall–Kier alpha value is -2.37. The number of nitrogens with zero attached hydrogens (tertiary/aromatic N) is 2. The van der Waals surface area contributed by atoms with Crippen LogP contribution in [0.4, 0.5) is 0 Å². The molecule has 1 aliphatic rings. The molecule has 1 unspecified atom stereocenters. The molecule has 29 heavy (non-hydrogen) atoms. The smallest absolute Gasteiger partial charge is 0.220 e. The normalized spacial score (nSPS) is 15.0.